The number of thiophene rings is 1. The van der Waals surface area contributed by atoms with E-state index >= 15 is 0 Å². The van der Waals surface area contributed by atoms with Gasteiger partial charge in [0.1, 0.15) is 16.8 Å². The molecule has 33 rings (SSSR count). The topological polar surface area (TPSA) is 105 Å². The van der Waals surface area contributed by atoms with Gasteiger partial charge in [-0.1, -0.05) is 372 Å². The molecule has 32 aromatic rings. The van der Waals surface area contributed by atoms with E-state index in [2.05, 4.69) is 464 Å². The SMILES string of the molecule is CC1(C)c2ccccc2-c2nc(-n3c4cc5ccccc5cc4c4c5ccccc5ccc43)nc(-c3cc4ccccc4c4ccccc34)c21.c1ccc2cc3c(cc2c1)c1c2ccccc2ccc1n3-c1nc(-c2ccc3c(ccc4ccccc43)c2)c2sc3ccccc3c2n1.c1ccc2cc3c(cc2c1)c1cc2ccccc2cc1n3-c1nc(-c2ccc3c(ccc4ccccc43)c2)c2oc3ccccc3c2n1. The number of rotatable bonds is 6. The van der Waals surface area contributed by atoms with E-state index in [-0.39, 0.29) is 5.41 Å². The third-order valence-corrected chi connectivity index (χ3v) is 32.2. The van der Waals surface area contributed by atoms with Crippen LogP contribution < -0.4 is 0 Å². The normalized spacial score (nSPS) is 12.6. The van der Waals surface area contributed by atoms with Gasteiger partial charge in [0.25, 0.3) is 0 Å². The Morgan fingerprint density at radius 3 is 1.10 bits per heavy atom. The molecule has 0 saturated carbocycles. The summed E-state index contributed by atoms with van der Waals surface area (Å²) in [5.41, 5.74) is 20.2. The zero-order chi connectivity index (χ0) is 95.8. The molecule has 0 saturated heterocycles. The molecule has 0 atom stereocenters. The van der Waals surface area contributed by atoms with Crippen LogP contribution in [0.2, 0.25) is 0 Å². The molecular weight excluding hydrogens is 1800 g/mol. The highest BCUT2D eigenvalue weighted by atomic mass is 32.1. The summed E-state index contributed by atoms with van der Waals surface area (Å²) in [6, 6.07) is 164. The van der Waals surface area contributed by atoms with Crippen molar-refractivity contribution in [3.63, 3.8) is 0 Å². The zero-order valence-corrected chi connectivity index (χ0v) is 80.0. The molecule has 0 bridgehead atoms. The number of aromatic nitrogens is 9. The summed E-state index contributed by atoms with van der Waals surface area (Å²) in [5, 5.41) is 38.6. The van der Waals surface area contributed by atoms with Gasteiger partial charge in [-0.15, -0.1) is 11.3 Å². The number of nitrogens with zero attached hydrogens (tertiary/aromatic N) is 9. The highest BCUT2D eigenvalue weighted by Crippen LogP contribution is 2.55. The molecular formula is C135H81N9OS. The lowest BCUT2D eigenvalue weighted by atomic mass is 9.80. The number of hydrogen-bond acceptors (Lipinski definition) is 8. The molecule has 0 spiro atoms. The first-order valence-electron chi connectivity index (χ1n) is 49.8. The van der Waals surface area contributed by atoms with Crippen LogP contribution in [0.5, 0.6) is 0 Å². The standard InChI is InChI=1S/C47H31N3.C44H25N3O.C44H25N3S/c1-47(2)39-22-12-11-21-36(39)44-43(47)45(37-26-31-16-6-7-17-32(31)34-19-9-10-20-35(34)37)49-46(48-44)50-40-24-23-28-13-5-8-18-33(28)42(40)38-25-29-14-3-4-15-30(29)27-41(38)50;1-3-12-29-24-38-36(22-27(29)10-1)37-23-28-11-2-4-13-30(28)25-39(37)47(38)44-45-41(43-42(46-44)35-15-7-8-16-40(35)48-43)32-19-20-34-31(21-32)18-17-26-9-5-6-14-33(26)34;1-2-12-29-25-38-36(24-28(29)11-1)40-34-14-6-4-10-27(34)20-22-37(40)47(38)44-45-41(43-42(46-44)35-15-7-8-16-39(35)48-43)31-19-21-33-30(23-31)18-17-26-9-3-5-13-32(26)33/h3-27H,1-2H3;2*1-25H. The number of para-hydroxylation sites is 1. The summed E-state index contributed by atoms with van der Waals surface area (Å²) < 4.78 is 15.7. The first kappa shape index (κ1) is 81.9. The second-order valence-electron chi connectivity index (χ2n) is 39.4. The Kier molecular flexibility index (Phi) is 17.7. The van der Waals surface area contributed by atoms with Crippen molar-refractivity contribution < 1.29 is 4.42 Å². The highest BCUT2D eigenvalue weighted by Gasteiger charge is 2.41. The third-order valence-electron chi connectivity index (χ3n) is 31.0. The third kappa shape index (κ3) is 12.4. The molecule has 0 amide bonds. The van der Waals surface area contributed by atoms with Crippen molar-refractivity contribution in [2.24, 2.45) is 0 Å². The summed E-state index contributed by atoms with van der Waals surface area (Å²) in [5.74, 6) is 1.99. The van der Waals surface area contributed by atoms with E-state index in [4.69, 9.17) is 34.3 Å². The Bertz CT molecular complexity index is 11000. The van der Waals surface area contributed by atoms with E-state index in [1.165, 1.54) is 178 Å². The fourth-order valence-electron chi connectivity index (χ4n) is 24.2. The largest absolute Gasteiger partial charge is 0.452 e. The molecule has 0 N–H and O–H groups in total. The van der Waals surface area contributed by atoms with Crippen LogP contribution in [0.15, 0.2) is 459 Å². The lowest BCUT2D eigenvalue weighted by Crippen LogP contribution is -2.18. The number of furan rings is 1. The Morgan fingerprint density at radius 1 is 0.219 bits per heavy atom. The van der Waals surface area contributed by atoms with Crippen LogP contribution in [0, 0.1) is 0 Å². The highest BCUT2D eigenvalue weighted by molar-refractivity contribution is 7.26. The van der Waals surface area contributed by atoms with E-state index in [1.54, 1.807) is 11.3 Å². The second kappa shape index (κ2) is 31.5. The van der Waals surface area contributed by atoms with Crippen LogP contribution in [-0.2, 0) is 5.41 Å². The van der Waals surface area contributed by atoms with E-state index < -0.39 is 0 Å². The zero-order valence-electron chi connectivity index (χ0n) is 79.1. The van der Waals surface area contributed by atoms with Crippen LogP contribution in [-0.4, -0.2) is 43.6 Å². The number of fused-ring (bicyclic) bond motifs is 35. The van der Waals surface area contributed by atoms with Crippen molar-refractivity contribution in [3.05, 3.63) is 466 Å². The van der Waals surface area contributed by atoms with Gasteiger partial charge in [0.05, 0.1) is 60.4 Å². The lowest BCUT2D eigenvalue weighted by molar-refractivity contribution is 0.657. The van der Waals surface area contributed by atoms with Gasteiger partial charge in [-0.3, -0.25) is 13.7 Å². The molecule has 0 aliphatic heterocycles. The van der Waals surface area contributed by atoms with Gasteiger partial charge >= 0.3 is 0 Å². The summed E-state index contributed by atoms with van der Waals surface area (Å²) in [6.07, 6.45) is 0. The van der Waals surface area contributed by atoms with E-state index in [1.807, 2.05) is 18.2 Å². The van der Waals surface area contributed by atoms with E-state index in [0.717, 1.165) is 110 Å². The van der Waals surface area contributed by atoms with Gasteiger partial charge in [0.2, 0.25) is 17.8 Å². The summed E-state index contributed by atoms with van der Waals surface area (Å²) in [6.45, 7) is 4.65. The van der Waals surface area contributed by atoms with Crippen LogP contribution >= 0.6 is 11.3 Å². The molecule has 678 valence electrons. The van der Waals surface area contributed by atoms with Crippen molar-refractivity contribution in [2.45, 2.75) is 19.3 Å². The maximum Gasteiger partial charge on any atom is 0.236 e. The maximum absolute atomic E-state index is 6.55. The van der Waals surface area contributed by atoms with Gasteiger partial charge in [-0.05, 0) is 232 Å². The molecule has 1 aliphatic rings. The molecule has 146 heavy (non-hydrogen) atoms. The molecule has 11 heteroatoms. The Balaban J connectivity index is 0.0000000995. The Hall–Kier alpha value is -18.9. The minimum absolute atomic E-state index is 0.292. The van der Waals surface area contributed by atoms with E-state index in [9.17, 15) is 0 Å². The van der Waals surface area contributed by atoms with Crippen molar-refractivity contribution in [1.82, 2.24) is 43.6 Å². The average Bonchev–Trinajstić information content (AvgIpc) is 1.36. The van der Waals surface area contributed by atoms with Crippen molar-refractivity contribution in [2.75, 3.05) is 0 Å². The average molecular weight is 1880 g/mol. The van der Waals surface area contributed by atoms with Gasteiger partial charge < -0.3 is 4.42 Å². The maximum atomic E-state index is 6.55. The lowest BCUT2D eigenvalue weighted by Gasteiger charge is -2.24. The monoisotopic (exact) mass is 1880 g/mol. The van der Waals surface area contributed by atoms with Crippen molar-refractivity contribution >= 4 is 248 Å². The number of hydrogen-bond donors (Lipinski definition) is 0. The smallest absolute Gasteiger partial charge is 0.236 e. The Morgan fingerprint density at radius 2 is 0.562 bits per heavy atom. The fraction of sp³-hybridized carbons (Fsp3) is 0.0222. The molecule has 0 fully saturated rings. The molecule has 8 heterocycles. The molecule has 8 aromatic heterocycles. The quantitative estimate of drug-likeness (QED) is 0.153. The molecule has 10 nitrogen and oxygen atoms in total. The first-order chi connectivity index (χ1) is 72.1. The predicted octanol–water partition coefficient (Wildman–Crippen LogP) is 36.1. The summed E-state index contributed by atoms with van der Waals surface area (Å²) >= 11 is 1.77. The van der Waals surface area contributed by atoms with Crippen LogP contribution in [0.1, 0.15) is 25.0 Å². The number of benzene rings is 24. The van der Waals surface area contributed by atoms with Crippen molar-refractivity contribution in [1.29, 1.82) is 0 Å². The molecule has 24 aromatic carbocycles. The van der Waals surface area contributed by atoms with Gasteiger partial charge in [-0.25, -0.2) is 29.9 Å². The molecule has 0 unspecified atom stereocenters. The molecule has 0 radical (unpaired) electrons. The van der Waals surface area contributed by atoms with E-state index in [0.29, 0.717) is 23.4 Å². The first-order valence-corrected chi connectivity index (χ1v) is 50.6. The summed E-state index contributed by atoms with van der Waals surface area (Å²) in [4.78, 5) is 32.9. The van der Waals surface area contributed by atoms with Crippen LogP contribution in [0.4, 0.5) is 0 Å². The van der Waals surface area contributed by atoms with Gasteiger partial charge in [-0.2, -0.15) is 0 Å². The minimum Gasteiger partial charge on any atom is -0.452 e. The molecule has 1 aliphatic carbocycles. The fourth-order valence-corrected chi connectivity index (χ4v) is 25.4. The Labute approximate surface area is 838 Å². The minimum atomic E-state index is -0.292. The second-order valence-corrected chi connectivity index (χ2v) is 40.5. The summed E-state index contributed by atoms with van der Waals surface area (Å²) in [7, 11) is 0. The van der Waals surface area contributed by atoms with Crippen LogP contribution in [0.3, 0.4) is 0 Å². The van der Waals surface area contributed by atoms with Gasteiger partial charge in [0, 0.05) is 81.0 Å². The van der Waals surface area contributed by atoms with Crippen LogP contribution in [0.25, 0.3) is 300 Å². The van der Waals surface area contributed by atoms with Gasteiger partial charge in [0.15, 0.2) is 5.58 Å². The predicted molar refractivity (Wildman–Crippen MR) is 613 cm³/mol. The van der Waals surface area contributed by atoms with Crippen molar-refractivity contribution in [3.8, 4) is 62.9 Å².